The zero-order chi connectivity index (χ0) is 16.1. The lowest BCUT2D eigenvalue weighted by Gasteiger charge is -2.33. The van der Waals surface area contributed by atoms with Gasteiger partial charge in [-0.1, -0.05) is 0 Å². The van der Waals surface area contributed by atoms with E-state index in [1.54, 1.807) is 6.92 Å². The summed E-state index contributed by atoms with van der Waals surface area (Å²) >= 11 is 0. The molecule has 0 rings (SSSR count). The van der Waals surface area contributed by atoms with Gasteiger partial charge in [-0.2, -0.15) is 13.2 Å². The van der Waals surface area contributed by atoms with Crippen LogP contribution >= 0.6 is 0 Å². The van der Waals surface area contributed by atoms with Crippen LogP contribution in [0.3, 0.4) is 0 Å². The van der Waals surface area contributed by atoms with E-state index >= 15 is 0 Å². The molecule has 0 aliphatic heterocycles. The Balaban J connectivity index is 4.78. The molecule has 0 bridgehead atoms. The van der Waals surface area contributed by atoms with E-state index in [2.05, 4.69) is 5.32 Å². The highest BCUT2D eigenvalue weighted by molar-refractivity contribution is 5.80. The first-order valence-corrected chi connectivity index (χ1v) is 6.50. The van der Waals surface area contributed by atoms with E-state index in [-0.39, 0.29) is 12.5 Å². The molecule has 0 spiro atoms. The van der Waals surface area contributed by atoms with E-state index in [1.165, 1.54) is 14.0 Å². The largest absolute Gasteiger partial charge is 0.468 e. The molecule has 7 heteroatoms. The summed E-state index contributed by atoms with van der Waals surface area (Å²) in [6, 6.07) is -0.0219. The second-order valence-electron chi connectivity index (χ2n) is 5.46. The average Bonchev–Trinajstić information content (AvgIpc) is 2.24. The monoisotopic (exact) mass is 299 g/mol. The van der Waals surface area contributed by atoms with Gasteiger partial charge in [0.1, 0.15) is 5.54 Å². The van der Waals surface area contributed by atoms with Crippen molar-refractivity contribution in [3.63, 3.8) is 0 Å². The molecular formula is C13H24F3NO3. The lowest BCUT2D eigenvalue weighted by atomic mass is 9.93. The van der Waals surface area contributed by atoms with E-state index in [4.69, 9.17) is 9.47 Å². The number of rotatable bonds is 7. The van der Waals surface area contributed by atoms with Crippen molar-refractivity contribution in [3.8, 4) is 0 Å². The van der Waals surface area contributed by atoms with Crippen LogP contribution in [-0.4, -0.2) is 43.0 Å². The van der Waals surface area contributed by atoms with Crippen molar-refractivity contribution in [1.82, 2.24) is 5.32 Å². The number of halogens is 3. The van der Waals surface area contributed by atoms with Gasteiger partial charge < -0.3 is 9.47 Å². The minimum Gasteiger partial charge on any atom is -0.468 e. The molecule has 3 unspecified atom stereocenters. The Morgan fingerprint density at radius 1 is 1.20 bits per heavy atom. The fourth-order valence-electron chi connectivity index (χ4n) is 2.11. The van der Waals surface area contributed by atoms with Crippen LogP contribution in [0.1, 0.15) is 41.0 Å². The molecule has 0 aromatic carbocycles. The van der Waals surface area contributed by atoms with Crippen molar-refractivity contribution in [3.05, 3.63) is 0 Å². The summed E-state index contributed by atoms with van der Waals surface area (Å²) < 4.78 is 47.0. The van der Waals surface area contributed by atoms with Gasteiger partial charge in [-0.25, -0.2) is 0 Å². The van der Waals surface area contributed by atoms with Crippen molar-refractivity contribution in [1.29, 1.82) is 0 Å². The normalized spacial score (nSPS) is 18.5. The first kappa shape index (κ1) is 19.2. The van der Waals surface area contributed by atoms with Crippen LogP contribution < -0.4 is 5.32 Å². The predicted octanol–water partition coefficient (Wildman–Crippen LogP) is 2.66. The third-order valence-electron chi connectivity index (χ3n) is 2.84. The number of alkyl halides is 3. The Bertz CT molecular complexity index is 320. The molecule has 0 heterocycles. The van der Waals surface area contributed by atoms with Crippen LogP contribution in [0.4, 0.5) is 13.2 Å². The van der Waals surface area contributed by atoms with Crippen LogP contribution in [-0.2, 0) is 14.3 Å². The predicted molar refractivity (Wildman–Crippen MR) is 69.4 cm³/mol. The van der Waals surface area contributed by atoms with Crippen LogP contribution in [0.25, 0.3) is 0 Å². The van der Waals surface area contributed by atoms with Gasteiger partial charge in [0.15, 0.2) is 6.10 Å². The molecule has 0 radical (unpaired) electrons. The molecule has 20 heavy (non-hydrogen) atoms. The zero-order valence-corrected chi connectivity index (χ0v) is 12.8. The molecule has 0 aliphatic rings. The van der Waals surface area contributed by atoms with E-state index in [1.807, 2.05) is 13.8 Å². The van der Waals surface area contributed by atoms with Crippen LogP contribution in [0, 0.1) is 0 Å². The average molecular weight is 299 g/mol. The standard InChI is InChI=1S/C13H24F3NO3/c1-8(2)17-12(5,11(18)19-6)7-9(3)20-10(4)13(14,15)16/h8-10,17H,7H2,1-6H3. The molecule has 4 nitrogen and oxygen atoms in total. The second-order valence-corrected chi connectivity index (χ2v) is 5.46. The number of methoxy groups -OCH3 is 1. The van der Waals surface area contributed by atoms with Gasteiger partial charge in [0.2, 0.25) is 0 Å². The maximum Gasteiger partial charge on any atom is 0.414 e. The van der Waals surface area contributed by atoms with Crippen LogP contribution in [0.5, 0.6) is 0 Å². The third-order valence-corrected chi connectivity index (χ3v) is 2.84. The summed E-state index contributed by atoms with van der Waals surface area (Å²) in [4.78, 5) is 11.8. The Hall–Kier alpha value is -0.820. The summed E-state index contributed by atoms with van der Waals surface area (Å²) in [5.41, 5.74) is -1.09. The van der Waals surface area contributed by atoms with Gasteiger partial charge in [-0.15, -0.1) is 0 Å². The van der Waals surface area contributed by atoms with Gasteiger partial charge in [0.25, 0.3) is 0 Å². The number of esters is 1. The first-order valence-electron chi connectivity index (χ1n) is 6.50. The smallest absolute Gasteiger partial charge is 0.414 e. The van der Waals surface area contributed by atoms with E-state index in [9.17, 15) is 18.0 Å². The lowest BCUT2D eigenvalue weighted by molar-refractivity contribution is -0.227. The van der Waals surface area contributed by atoms with Gasteiger partial charge in [0, 0.05) is 12.5 Å². The molecule has 0 saturated carbocycles. The highest BCUT2D eigenvalue weighted by Crippen LogP contribution is 2.26. The van der Waals surface area contributed by atoms with Crippen molar-refractivity contribution >= 4 is 5.97 Å². The Morgan fingerprint density at radius 2 is 1.70 bits per heavy atom. The molecule has 0 aromatic rings. The summed E-state index contributed by atoms with van der Waals surface area (Å²) in [5, 5.41) is 3.01. The number of hydrogen-bond acceptors (Lipinski definition) is 4. The number of nitrogens with one attached hydrogen (secondary N) is 1. The number of carbonyl (C=O) groups is 1. The van der Waals surface area contributed by atoms with Crippen molar-refractivity contribution < 1.29 is 27.4 Å². The topological polar surface area (TPSA) is 47.6 Å². The van der Waals surface area contributed by atoms with E-state index in [0.29, 0.717) is 0 Å². The molecule has 0 aromatic heterocycles. The number of hydrogen-bond donors (Lipinski definition) is 1. The lowest BCUT2D eigenvalue weighted by Crippen LogP contribution is -2.55. The van der Waals surface area contributed by atoms with Crippen molar-refractivity contribution in [2.75, 3.05) is 7.11 Å². The quantitative estimate of drug-likeness (QED) is 0.734. The zero-order valence-electron chi connectivity index (χ0n) is 12.8. The summed E-state index contributed by atoms with van der Waals surface area (Å²) in [5.74, 6) is -0.527. The second kappa shape index (κ2) is 7.26. The molecule has 0 aliphatic carbocycles. The number of carbonyl (C=O) groups excluding carboxylic acids is 1. The molecule has 0 fully saturated rings. The Morgan fingerprint density at radius 3 is 2.05 bits per heavy atom. The third kappa shape index (κ3) is 6.09. The van der Waals surface area contributed by atoms with Crippen molar-refractivity contribution in [2.45, 2.75) is 71.0 Å². The molecule has 0 saturated heterocycles. The molecule has 0 amide bonds. The number of ether oxygens (including phenoxy) is 2. The summed E-state index contributed by atoms with van der Waals surface area (Å²) in [7, 11) is 1.24. The Labute approximate surface area is 118 Å². The maximum absolute atomic E-state index is 12.4. The minimum absolute atomic E-state index is 0.0219. The van der Waals surface area contributed by atoms with E-state index in [0.717, 1.165) is 6.92 Å². The molecule has 120 valence electrons. The highest BCUT2D eigenvalue weighted by Gasteiger charge is 2.41. The summed E-state index contributed by atoms with van der Waals surface area (Å²) in [6.45, 7) is 7.72. The maximum atomic E-state index is 12.4. The van der Waals surface area contributed by atoms with Crippen LogP contribution in [0.2, 0.25) is 0 Å². The molecular weight excluding hydrogens is 275 g/mol. The Kier molecular flexibility index (Phi) is 6.97. The summed E-state index contributed by atoms with van der Waals surface area (Å²) in [6.07, 6.45) is -6.96. The fourth-order valence-corrected chi connectivity index (χ4v) is 2.11. The fraction of sp³-hybridized carbons (Fsp3) is 0.923. The molecule has 1 N–H and O–H groups in total. The van der Waals surface area contributed by atoms with Gasteiger partial charge >= 0.3 is 12.1 Å². The van der Waals surface area contributed by atoms with Gasteiger partial charge in [-0.3, -0.25) is 10.1 Å². The van der Waals surface area contributed by atoms with E-state index < -0.39 is 29.9 Å². The first-order chi connectivity index (χ1) is 8.92. The van der Waals surface area contributed by atoms with Crippen molar-refractivity contribution in [2.24, 2.45) is 0 Å². The van der Waals surface area contributed by atoms with Gasteiger partial charge in [-0.05, 0) is 34.6 Å². The minimum atomic E-state index is -4.42. The van der Waals surface area contributed by atoms with Gasteiger partial charge in [0.05, 0.1) is 13.2 Å². The molecule has 3 atom stereocenters. The highest BCUT2D eigenvalue weighted by atomic mass is 19.4. The SMILES string of the molecule is COC(=O)C(C)(CC(C)OC(C)C(F)(F)F)NC(C)C. The van der Waals surface area contributed by atoms with Crippen LogP contribution in [0.15, 0.2) is 0 Å².